The Morgan fingerprint density at radius 2 is 2.62 bits per heavy atom. The molecule has 1 fully saturated rings. The number of rotatable bonds is 4. The molecule has 13 heavy (non-hydrogen) atoms. The first-order valence-corrected chi connectivity index (χ1v) is 4.77. The quantitative estimate of drug-likeness (QED) is 0.637. The van der Waals surface area contributed by atoms with Crippen LogP contribution in [0.25, 0.3) is 0 Å². The lowest BCUT2D eigenvalue weighted by molar-refractivity contribution is 0.131. The molecule has 0 amide bonds. The third-order valence-corrected chi connectivity index (χ3v) is 2.12. The average Bonchev–Trinajstić information content (AvgIpc) is 2.19. The van der Waals surface area contributed by atoms with Crippen molar-refractivity contribution in [3.8, 4) is 0 Å². The lowest BCUT2D eigenvalue weighted by Crippen LogP contribution is -2.33. The van der Waals surface area contributed by atoms with Gasteiger partial charge in [-0.25, -0.2) is 0 Å². The molecule has 1 aliphatic heterocycles. The highest BCUT2D eigenvalue weighted by Gasteiger charge is 2.12. The lowest BCUT2D eigenvalue weighted by atomic mass is 10.1. The highest BCUT2D eigenvalue weighted by molar-refractivity contribution is 4.99. The van der Waals surface area contributed by atoms with E-state index in [1.807, 2.05) is 19.6 Å². The summed E-state index contributed by atoms with van der Waals surface area (Å²) in [6.45, 7) is 5.58. The Hall–Kier alpha value is -0.380. The van der Waals surface area contributed by atoms with Crippen molar-refractivity contribution >= 4 is 0 Å². The van der Waals surface area contributed by atoms with Crippen molar-refractivity contribution < 1.29 is 9.84 Å². The fourth-order valence-electron chi connectivity index (χ4n) is 1.24. The van der Waals surface area contributed by atoms with Gasteiger partial charge in [0.1, 0.15) is 6.61 Å². The highest BCUT2D eigenvalue weighted by atomic mass is 16.5. The molecule has 1 rings (SSSR count). The fourth-order valence-corrected chi connectivity index (χ4v) is 1.24. The van der Waals surface area contributed by atoms with Crippen LogP contribution in [0.1, 0.15) is 19.8 Å². The third kappa shape index (κ3) is 4.41. The lowest BCUT2D eigenvalue weighted by Gasteiger charge is -2.21. The maximum Gasteiger partial charge on any atom is 0.100 e. The molecule has 3 nitrogen and oxygen atoms in total. The Bertz CT molecular complexity index is 162. The van der Waals surface area contributed by atoms with Gasteiger partial charge in [-0.15, -0.1) is 0 Å². The Labute approximate surface area is 79.8 Å². The monoisotopic (exact) mass is 184 g/mol. The van der Waals surface area contributed by atoms with E-state index < -0.39 is 0 Å². The second-order valence-corrected chi connectivity index (χ2v) is 3.37. The number of hydrogen-bond acceptors (Lipinski definition) is 3. The summed E-state index contributed by atoms with van der Waals surface area (Å²) in [6.07, 6.45) is 4.27. The molecule has 0 aromatic heterocycles. The Morgan fingerprint density at radius 1 is 1.77 bits per heavy atom. The van der Waals surface area contributed by atoms with Gasteiger partial charge in [0.15, 0.2) is 0 Å². The van der Waals surface area contributed by atoms with Crippen LogP contribution in [-0.2, 0) is 4.74 Å². The molecular weight excluding hydrogens is 166 g/mol. The van der Waals surface area contributed by atoms with Crippen LogP contribution >= 0.6 is 0 Å². The van der Waals surface area contributed by atoms with E-state index in [0.717, 1.165) is 31.6 Å². The minimum atomic E-state index is 0.145. The first kappa shape index (κ1) is 10.7. The van der Waals surface area contributed by atoms with Crippen molar-refractivity contribution in [2.24, 2.45) is 0 Å². The van der Waals surface area contributed by atoms with Crippen molar-refractivity contribution in [3.63, 3.8) is 0 Å². The van der Waals surface area contributed by atoms with E-state index in [4.69, 9.17) is 9.84 Å². The average molecular weight is 184 g/mol. The molecule has 1 saturated heterocycles. The van der Waals surface area contributed by atoms with Crippen LogP contribution in [0.3, 0.4) is 0 Å². The first-order valence-electron chi connectivity index (χ1n) is 4.77. The summed E-state index contributed by atoms with van der Waals surface area (Å²) >= 11 is 0. The zero-order valence-corrected chi connectivity index (χ0v) is 8.12. The van der Waals surface area contributed by atoms with Crippen LogP contribution in [0.5, 0.6) is 0 Å². The van der Waals surface area contributed by atoms with Crippen LogP contribution < -0.4 is 5.32 Å². The van der Waals surface area contributed by atoms with Gasteiger partial charge in [-0.1, -0.05) is 11.6 Å². The van der Waals surface area contributed by atoms with Crippen LogP contribution in [0.15, 0.2) is 11.6 Å². The van der Waals surface area contributed by atoms with Gasteiger partial charge >= 0.3 is 0 Å². The van der Waals surface area contributed by atoms with E-state index >= 15 is 0 Å². The van der Waals surface area contributed by atoms with Gasteiger partial charge in [0.2, 0.25) is 0 Å². The molecule has 0 spiro atoms. The smallest absolute Gasteiger partial charge is 0.100 e. The SMILES string of the molecule is C/C(=C\CNC1[CH]OCCC1)CO. The summed E-state index contributed by atoms with van der Waals surface area (Å²) in [4.78, 5) is 0. The minimum absolute atomic E-state index is 0.145. The molecule has 0 aromatic carbocycles. The summed E-state index contributed by atoms with van der Waals surface area (Å²) in [5, 5.41) is 12.1. The molecule has 1 radical (unpaired) electrons. The van der Waals surface area contributed by atoms with E-state index in [9.17, 15) is 0 Å². The number of ether oxygens (including phenoxy) is 1. The molecule has 1 heterocycles. The van der Waals surface area contributed by atoms with E-state index in [2.05, 4.69) is 5.32 Å². The molecule has 75 valence electrons. The predicted octanol–water partition coefficient (Wildman–Crippen LogP) is 0.855. The largest absolute Gasteiger partial charge is 0.392 e. The van der Waals surface area contributed by atoms with Crippen LogP contribution in [-0.4, -0.2) is 30.9 Å². The second kappa shape index (κ2) is 6.13. The zero-order chi connectivity index (χ0) is 9.52. The van der Waals surface area contributed by atoms with Crippen LogP contribution in [0.2, 0.25) is 0 Å². The second-order valence-electron chi connectivity index (χ2n) is 3.37. The highest BCUT2D eigenvalue weighted by Crippen LogP contribution is 2.09. The summed E-state index contributed by atoms with van der Waals surface area (Å²) in [5.41, 5.74) is 1.00. The molecule has 1 unspecified atom stereocenters. The van der Waals surface area contributed by atoms with E-state index in [-0.39, 0.29) is 6.61 Å². The molecule has 0 aromatic rings. The van der Waals surface area contributed by atoms with Gasteiger partial charge in [0.05, 0.1) is 6.61 Å². The molecule has 3 heteroatoms. The van der Waals surface area contributed by atoms with E-state index in [1.54, 1.807) is 0 Å². The van der Waals surface area contributed by atoms with Gasteiger partial charge < -0.3 is 15.2 Å². The van der Waals surface area contributed by atoms with E-state index in [1.165, 1.54) is 0 Å². The number of aliphatic hydroxyl groups is 1. The van der Waals surface area contributed by atoms with Gasteiger partial charge in [-0.05, 0) is 19.8 Å². The number of nitrogens with one attached hydrogen (secondary N) is 1. The topological polar surface area (TPSA) is 41.5 Å². The van der Waals surface area contributed by atoms with Gasteiger partial charge in [0.25, 0.3) is 0 Å². The summed E-state index contributed by atoms with van der Waals surface area (Å²) in [7, 11) is 0. The van der Waals surface area contributed by atoms with Crippen molar-refractivity contribution in [1.29, 1.82) is 0 Å². The van der Waals surface area contributed by atoms with Crippen LogP contribution in [0, 0.1) is 6.61 Å². The first-order chi connectivity index (χ1) is 6.33. The Morgan fingerprint density at radius 3 is 3.23 bits per heavy atom. The fraction of sp³-hybridized carbons (Fsp3) is 0.700. The van der Waals surface area contributed by atoms with E-state index in [0.29, 0.717) is 6.04 Å². The molecule has 2 N–H and O–H groups in total. The zero-order valence-electron chi connectivity index (χ0n) is 8.12. The van der Waals surface area contributed by atoms with Crippen molar-refractivity contribution in [2.75, 3.05) is 19.8 Å². The maximum atomic E-state index is 8.74. The number of aliphatic hydroxyl groups excluding tert-OH is 1. The summed E-state index contributed by atoms with van der Waals surface area (Å²) in [5.74, 6) is 0. The molecular formula is C10H18NO2. The molecule has 1 aliphatic rings. The Balaban J connectivity index is 2.10. The minimum Gasteiger partial charge on any atom is -0.392 e. The van der Waals surface area contributed by atoms with Crippen molar-refractivity contribution in [3.05, 3.63) is 18.3 Å². The predicted molar refractivity (Wildman–Crippen MR) is 52.1 cm³/mol. The number of hydrogen-bond donors (Lipinski definition) is 2. The van der Waals surface area contributed by atoms with Gasteiger partial charge in [0, 0.05) is 19.2 Å². The van der Waals surface area contributed by atoms with Crippen LogP contribution in [0.4, 0.5) is 0 Å². The molecule has 0 aliphatic carbocycles. The Kier molecular flexibility index (Phi) is 5.05. The molecule has 1 atom stereocenters. The molecule has 0 saturated carbocycles. The normalized spacial score (nSPS) is 24.8. The van der Waals surface area contributed by atoms with Gasteiger partial charge in [-0.3, -0.25) is 0 Å². The van der Waals surface area contributed by atoms with Crippen molar-refractivity contribution in [1.82, 2.24) is 5.32 Å². The maximum absolute atomic E-state index is 8.74. The van der Waals surface area contributed by atoms with Gasteiger partial charge in [-0.2, -0.15) is 0 Å². The van der Waals surface area contributed by atoms with Crippen molar-refractivity contribution in [2.45, 2.75) is 25.8 Å². The summed E-state index contributed by atoms with van der Waals surface area (Å²) < 4.78 is 5.21. The molecule has 0 bridgehead atoms. The summed E-state index contributed by atoms with van der Waals surface area (Å²) in [6, 6.07) is 0.372. The standard InChI is InChI=1S/C10H18NO2/c1-9(7-12)4-5-11-10-3-2-6-13-8-10/h4,8,10-12H,2-3,5-7H2,1H3/b9-4+. The third-order valence-electron chi connectivity index (χ3n) is 2.12.